The molecule has 1 aromatic rings. The largest absolute Gasteiger partial charge is 0.330 e. The maximum Gasteiger partial charge on any atom is 0.00763 e. The monoisotopic (exact) mass is 197 g/mol. The molecule has 0 aliphatic heterocycles. The van der Waals surface area contributed by atoms with Crippen molar-refractivity contribution >= 4 is 11.3 Å². The molecular weight excluding hydrogens is 178 g/mol. The van der Waals surface area contributed by atoms with Crippen LogP contribution in [-0.4, -0.2) is 6.54 Å². The summed E-state index contributed by atoms with van der Waals surface area (Å²) in [5.41, 5.74) is 5.49. The summed E-state index contributed by atoms with van der Waals surface area (Å²) in [7, 11) is 0. The molecule has 13 heavy (non-hydrogen) atoms. The zero-order valence-corrected chi connectivity index (χ0v) is 9.36. The van der Waals surface area contributed by atoms with Crippen molar-refractivity contribution in [2.75, 3.05) is 6.54 Å². The van der Waals surface area contributed by atoms with E-state index in [1.54, 1.807) is 0 Å². The minimum Gasteiger partial charge on any atom is -0.330 e. The predicted molar refractivity (Wildman–Crippen MR) is 60.4 cm³/mol. The summed E-state index contributed by atoms with van der Waals surface area (Å²) in [4.78, 5) is 3.01. The fourth-order valence-electron chi connectivity index (χ4n) is 1.42. The highest BCUT2D eigenvalue weighted by molar-refractivity contribution is 7.12. The molecule has 0 saturated carbocycles. The van der Waals surface area contributed by atoms with Gasteiger partial charge in [0.2, 0.25) is 0 Å². The van der Waals surface area contributed by atoms with E-state index in [0.717, 1.165) is 19.4 Å². The van der Waals surface area contributed by atoms with Crippen LogP contribution in [0.15, 0.2) is 12.1 Å². The highest BCUT2D eigenvalue weighted by Gasteiger charge is 2.07. The van der Waals surface area contributed by atoms with Crippen LogP contribution < -0.4 is 5.73 Å². The number of hydrogen-bond acceptors (Lipinski definition) is 2. The van der Waals surface area contributed by atoms with Gasteiger partial charge < -0.3 is 5.73 Å². The standard InChI is InChI=1S/C11H19NS/c1-3-10-6-7-11(13-10)9(2)5-4-8-12/h6-7,9H,3-5,8,12H2,1-2H3. The van der Waals surface area contributed by atoms with Crippen LogP contribution in [0.4, 0.5) is 0 Å². The first-order valence-electron chi connectivity index (χ1n) is 5.06. The van der Waals surface area contributed by atoms with E-state index in [1.807, 2.05) is 11.3 Å². The van der Waals surface area contributed by atoms with Gasteiger partial charge in [0.1, 0.15) is 0 Å². The first kappa shape index (κ1) is 10.7. The van der Waals surface area contributed by atoms with Crippen molar-refractivity contribution in [1.29, 1.82) is 0 Å². The molecule has 0 aliphatic carbocycles. The van der Waals surface area contributed by atoms with Crippen LogP contribution in [0.3, 0.4) is 0 Å². The van der Waals surface area contributed by atoms with E-state index < -0.39 is 0 Å². The Labute approximate surface area is 85.0 Å². The molecule has 2 heteroatoms. The van der Waals surface area contributed by atoms with Gasteiger partial charge in [-0.05, 0) is 43.9 Å². The fraction of sp³-hybridized carbons (Fsp3) is 0.636. The number of thiophene rings is 1. The second-order valence-corrected chi connectivity index (χ2v) is 4.69. The van der Waals surface area contributed by atoms with Gasteiger partial charge in [0.05, 0.1) is 0 Å². The maximum atomic E-state index is 5.49. The Bertz CT molecular complexity index is 242. The lowest BCUT2D eigenvalue weighted by molar-refractivity contribution is 0.649. The second kappa shape index (κ2) is 5.40. The molecule has 0 spiro atoms. The molecule has 0 aromatic carbocycles. The van der Waals surface area contributed by atoms with Gasteiger partial charge in [0.15, 0.2) is 0 Å². The van der Waals surface area contributed by atoms with Gasteiger partial charge in [-0.1, -0.05) is 13.8 Å². The van der Waals surface area contributed by atoms with Gasteiger partial charge in [-0.3, -0.25) is 0 Å². The molecule has 2 N–H and O–H groups in total. The molecule has 0 fully saturated rings. The van der Waals surface area contributed by atoms with Crippen molar-refractivity contribution in [3.05, 3.63) is 21.9 Å². The first-order valence-corrected chi connectivity index (χ1v) is 5.88. The van der Waals surface area contributed by atoms with Gasteiger partial charge in [0.25, 0.3) is 0 Å². The lowest BCUT2D eigenvalue weighted by atomic mass is 10.0. The minimum atomic E-state index is 0.689. The average Bonchev–Trinajstić information content (AvgIpc) is 2.62. The second-order valence-electron chi connectivity index (χ2n) is 3.49. The van der Waals surface area contributed by atoms with Crippen molar-refractivity contribution in [2.45, 2.75) is 39.0 Å². The SMILES string of the molecule is CCc1ccc(C(C)CCCN)s1. The summed E-state index contributed by atoms with van der Waals surface area (Å²) in [5, 5.41) is 0. The van der Waals surface area contributed by atoms with Crippen LogP contribution in [0, 0.1) is 0 Å². The molecule has 1 nitrogen and oxygen atoms in total. The predicted octanol–water partition coefficient (Wildman–Crippen LogP) is 3.15. The Morgan fingerprint density at radius 1 is 1.46 bits per heavy atom. The number of nitrogens with two attached hydrogens (primary N) is 1. The molecule has 0 amide bonds. The Kier molecular flexibility index (Phi) is 4.46. The van der Waals surface area contributed by atoms with Crippen molar-refractivity contribution in [2.24, 2.45) is 5.73 Å². The highest BCUT2D eigenvalue weighted by atomic mass is 32.1. The van der Waals surface area contributed by atoms with Crippen molar-refractivity contribution < 1.29 is 0 Å². The van der Waals surface area contributed by atoms with Crippen LogP contribution >= 0.6 is 11.3 Å². The molecule has 1 heterocycles. The van der Waals surface area contributed by atoms with Crippen LogP contribution in [0.1, 0.15) is 42.4 Å². The smallest absolute Gasteiger partial charge is 0.00763 e. The lowest BCUT2D eigenvalue weighted by Crippen LogP contribution is -2.00. The molecule has 1 unspecified atom stereocenters. The van der Waals surface area contributed by atoms with Gasteiger partial charge in [-0.15, -0.1) is 11.3 Å². The van der Waals surface area contributed by atoms with E-state index in [4.69, 9.17) is 5.73 Å². The Morgan fingerprint density at radius 2 is 2.23 bits per heavy atom. The third kappa shape index (κ3) is 3.12. The van der Waals surface area contributed by atoms with Gasteiger partial charge in [-0.2, -0.15) is 0 Å². The summed E-state index contributed by atoms with van der Waals surface area (Å²) in [6.07, 6.45) is 3.52. The lowest BCUT2D eigenvalue weighted by Gasteiger charge is -2.07. The maximum absolute atomic E-state index is 5.49. The molecule has 0 aliphatic rings. The van der Waals surface area contributed by atoms with Crippen LogP contribution in [-0.2, 0) is 6.42 Å². The fourth-order valence-corrected chi connectivity index (χ4v) is 2.45. The molecule has 1 aromatic heterocycles. The average molecular weight is 197 g/mol. The zero-order valence-electron chi connectivity index (χ0n) is 8.55. The summed E-state index contributed by atoms with van der Waals surface area (Å²) < 4.78 is 0. The minimum absolute atomic E-state index is 0.689. The van der Waals surface area contributed by atoms with E-state index >= 15 is 0 Å². The van der Waals surface area contributed by atoms with Gasteiger partial charge in [-0.25, -0.2) is 0 Å². The molecule has 74 valence electrons. The Hall–Kier alpha value is -0.340. The van der Waals surface area contributed by atoms with Crippen LogP contribution in [0.2, 0.25) is 0 Å². The van der Waals surface area contributed by atoms with E-state index in [9.17, 15) is 0 Å². The third-order valence-corrected chi connectivity index (χ3v) is 3.82. The van der Waals surface area contributed by atoms with Crippen LogP contribution in [0.5, 0.6) is 0 Å². The van der Waals surface area contributed by atoms with Gasteiger partial charge >= 0.3 is 0 Å². The van der Waals surface area contributed by atoms with Crippen LogP contribution in [0.25, 0.3) is 0 Å². The molecule has 0 radical (unpaired) electrons. The van der Waals surface area contributed by atoms with Crippen molar-refractivity contribution in [3.63, 3.8) is 0 Å². The van der Waals surface area contributed by atoms with E-state index in [0.29, 0.717) is 5.92 Å². The Morgan fingerprint density at radius 3 is 2.77 bits per heavy atom. The van der Waals surface area contributed by atoms with E-state index in [1.165, 1.54) is 16.2 Å². The topological polar surface area (TPSA) is 26.0 Å². The molecule has 0 bridgehead atoms. The molecule has 0 saturated heterocycles. The summed E-state index contributed by atoms with van der Waals surface area (Å²) in [6, 6.07) is 4.52. The Balaban J connectivity index is 2.50. The summed E-state index contributed by atoms with van der Waals surface area (Å²) >= 11 is 1.95. The van der Waals surface area contributed by atoms with Crippen molar-refractivity contribution in [3.8, 4) is 0 Å². The molecular formula is C11H19NS. The highest BCUT2D eigenvalue weighted by Crippen LogP contribution is 2.27. The summed E-state index contributed by atoms with van der Waals surface area (Å²) in [6.45, 7) is 5.32. The van der Waals surface area contributed by atoms with Crippen molar-refractivity contribution in [1.82, 2.24) is 0 Å². The number of rotatable bonds is 5. The first-order chi connectivity index (χ1) is 6.27. The molecule has 1 atom stereocenters. The van der Waals surface area contributed by atoms with E-state index in [2.05, 4.69) is 26.0 Å². The van der Waals surface area contributed by atoms with E-state index in [-0.39, 0.29) is 0 Å². The number of aryl methyl sites for hydroxylation is 1. The third-order valence-electron chi connectivity index (χ3n) is 2.36. The number of hydrogen-bond donors (Lipinski definition) is 1. The molecule has 1 rings (SSSR count). The zero-order chi connectivity index (χ0) is 9.68. The van der Waals surface area contributed by atoms with Gasteiger partial charge in [0, 0.05) is 9.75 Å². The quantitative estimate of drug-likeness (QED) is 0.771. The normalized spacial score (nSPS) is 13.2. The summed E-state index contributed by atoms with van der Waals surface area (Å²) in [5.74, 6) is 0.689.